The summed E-state index contributed by atoms with van der Waals surface area (Å²) in [4.78, 5) is 27.2. The molecule has 2 unspecified atom stereocenters. The highest BCUT2D eigenvalue weighted by molar-refractivity contribution is 6.04. The van der Waals surface area contributed by atoms with Crippen LogP contribution in [0.4, 0.5) is 0 Å². The number of nitrogens with one attached hydrogen (secondary N) is 1. The summed E-state index contributed by atoms with van der Waals surface area (Å²) in [6.07, 6.45) is 6.44. The van der Waals surface area contributed by atoms with E-state index in [1.54, 1.807) is 0 Å². The molecule has 3 aliphatic rings. The summed E-state index contributed by atoms with van der Waals surface area (Å²) >= 11 is 0. The van der Waals surface area contributed by atoms with Gasteiger partial charge in [0.05, 0.1) is 5.57 Å². The number of hydrogen-bond acceptors (Lipinski definition) is 4. The fourth-order valence-electron chi connectivity index (χ4n) is 5.76. The van der Waals surface area contributed by atoms with E-state index in [9.17, 15) is 9.59 Å². The van der Waals surface area contributed by atoms with Crippen molar-refractivity contribution in [2.24, 2.45) is 0 Å². The van der Waals surface area contributed by atoms with Crippen LogP contribution in [0.5, 0.6) is 0 Å². The van der Waals surface area contributed by atoms with E-state index in [1.807, 2.05) is 44.2 Å². The molecule has 4 heteroatoms. The van der Waals surface area contributed by atoms with Crippen molar-refractivity contribution in [2.45, 2.75) is 76.7 Å². The lowest BCUT2D eigenvalue weighted by Gasteiger charge is -2.37. The summed E-state index contributed by atoms with van der Waals surface area (Å²) in [5.41, 5.74) is 6.37. The summed E-state index contributed by atoms with van der Waals surface area (Å²) in [6, 6.07) is 18.5. The highest BCUT2D eigenvalue weighted by Gasteiger charge is 2.41. The van der Waals surface area contributed by atoms with Gasteiger partial charge in [0.1, 0.15) is 6.10 Å². The Morgan fingerprint density at radius 3 is 2.29 bits per heavy atom. The van der Waals surface area contributed by atoms with E-state index in [1.165, 1.54) is 12.0 Å². The minimum absolute atomic E-state index is 0.0277. The van der Waals surface area contributed by atoms with E-state index in [0.717, 1.165) is 60.2 Å². The first-order valence-corrected chi connectivity index (χ1v) is 12.6. The van der Waals surface area contributed by atoms with Gasteiger partial charge in [-0.15, -0.1) is 0 Å². The number of rotatable bonds is 4. The Hall–Kier alpha value is -3.14. The van der Waals surface area contributed by atoms with Gasteiger partial charge in [-0.1, -0.05) is 66.6 Å². The summed E-state index contributed by atoms with van der Waals surface area (Å²) in [7, 11) is 0. The Morgan fingerprint density at radius 1 is 0.882 bits per heavy atom. The molecule has 0 saturated heterocycles. The molecule has 1 heterocycles. The van der Waals surface area contributed by atoms with Crippen molar-refractivity contribution in [2.75, 3.05) is 0 Å². The number of carbonyl (C=O) groups excluding carboxylic acids is 2. The Kier molecular flexibility index (Phi) is 6.40. The van der Waals surface area contributed by atoms with Crippen LogP contribution < -0.4 is 5.32 Å². The van der Waals surface area contributed by atoms with E-state index in [4.69, 9.17) is 4.74 Å². The van der Waals surface area contributed by atoms with Gasteiger partial charge in [0.2, 0.25) is 0 Å². The number of carbonyl (C=O) groups is 2. The molecule has 1 N–H and O–H groups in total. The maximum Gasteiger partial charge on any atom is 0.337 e. The Bertz CT molecular complexity index is 1140. The van der Waals surface area contributed by atoms with Gasteiger partial charge < -0.3 is 10.1 Å². The highest BCUT2D eigenvalue weighted by Crippen LogP contribution is 2.46. The molecule has 34 heavy (non-hydrogen) atoms. The van der Waals surface area contributed by atoms with Gasteiger partial charge in [0, 0.05) is 29.3 Å². The predicted octanol–water partition coefficient (Wildman–Crippen LogP) is 6.23. The predicted molar refractivity (Wildman–Crippen MR) is 133 cm³/mol. The number of dihydropyridines is 1. The van der Waals surface area contributed by atoms with Crippen LogP contribution in [0, 0.1) is 6.92 Å². The third-order valence-electron chi connectivity index (χ3n) is 7.56. The van der Waals surface area contributed by atoms with Crippen molar-refractivity contribution in [1.29, 1.82) is 0 Å². The van der Waals surface area contributed by atoms with E-state index < -0.39 is 5.92 Å². The topological polar surface area (TPSA) is 55.4 Å². The Labute approximate surface area is 202 Å². The fourth-order valence-corrected chi connectivity index (χ4v) is 5.76. The van der Waals surface area contributed by atoms with Crippen LogP contribution in [0.2, 0.25) is 0 Å². The molecule has 4 nitrogen and oxygen atoms in total. The zero-order valence-electron chi connectivity index (χ0n) is 20.1. The van der Waals surface area contributed by atoms with Crippen molar-refractivity contribution in [3.8, 4) is 0 Å². The van der Waals surface area contributed by atoms with Gasteiger partial charge in [-0.2, -0.15) is 0 Å². The molecule has 2 aromatic carbocycles. The lowest BCUT2D eigenvalue weighted by molar-refractivity contribution is -0.146. The number of allylic oxidation sites excluding steroid dienone is 3. The third-order valence-corrected chi connectivity index (χ3v) is 7.56. The minimum atomic E-state index is -0.392. The minimum Gasteiger partial charge on any atom is -0.459 e. The second kappa shape index (κ2) is 9.61. The van der Waals surface area contributed by atoms with Crippen LogP contribution in [-0.2, 0) is 14.3 Å². The van der Waals surface area contributed by atoms with Crippen molar-refractivity contribution in [3.05, 3.63) is 93.8 Å². The molecule has 1 saturated carbocycles. The van der Waals surface area contributed by atoms with Crippen molar-refractivity contribution in [1.82, 2.24) is 5.32 Å². The highest BCUT2D eigenvalue weighted by atomic mass is 16.5. The summed E-state index contributed by atoms with van der Waals surface area (Å²) < 4.78 is 6.01. The first kappa shape index (κ1) is 22.6. The molecule has 0 spiro atoms. The van der Waals surface area contributed by atoms with Crippen molar-refractivity contribution in [3.63, 3.8) is 0 Å². The molecule has 5 rings (SSSR count). The summed E-state index contributed by atoms with van der Waals surface area (Å²) in [6.45, 7) is 3.99. The average molecular weight is 456 g/mol. The lowest BCUT2D eigenvalue weighted by Crippen LogP contribution is -2.37. The molecule has 2 aliphatic carbocycles. The summed E-state index contributed by atoms with van der Waals surface area (Å²) in [5, 5.41) is 3.47. The average Bonchev–Trinajstić information content (AvgIpc) is 2.84. The van der Waals surface area contributed by atoms with Gasteiger partial charge >= 0.3 is 5.97 Å². The van der Waals surface area contributed by atoms with Crippen molar-refractivity contribution < 1.29 is 14.3 Å². The second-order valence-corrected chi connectivity index (χ2v) is 10.0. The molecule has 0 radical (unpaired) electrons. The number of esters is 1. The van der Waals surface area contributed by atoms with Gasteiger partial charge in [-0.05, 0) is 63.0 Å². The summed E-state index contributed by atoms with van der Waals surface area (Å²) in [5.74, 6) is -0.421. The standard InChI is InChI=1S/C30H33NO3/c1-19-13-15-22(16-14-19)28-27(30(33)34-24-11-7-4-8-12-24)20(2)31-25-17-23(18-26(32)29(25)28)21-9-5-3-6-10-21/h3,5-6,9-10,13-16,23-24,28,31H,4,7-8,11-12,17-18H2,1-2H3. The normalized spacial score (nSPS) is 23.4. The van der Waals surface area contributed by atoms with Crippen LogP contribution >= 0.6 is 0 Å². The smallest absolute Gasteiger partial charge is 0.337 e. The molecule has 176 valence electrons. The number of Topliss-reactive ketones (excluding diaryl/α,β-unsaturated/α-hetero) is 1. The van der Waals surface area contributed by atoms with Gasteiger partial charge in [-0.25, -0.2) is 4.79 Å². The van der Waals surface area contributed by atoms with E-state index in [-0.39, 0.29) is 23.8 Å². The maximum atomic E-state index is 13.7. The van der Waals surface area contributed by atoms with E-state index >= 15 is 0 Å². The van der Waals surface area contributed by atoms with Crippen molar-refractivity contribution >= 4 is 11.8 Å². The lowest BCUT2D eigenvalue weighted by atomic mass is 9.71. The SMILES string of the molecule is CC1=C(C(=O)OC2CCCCC2)C(c2ccc(C)cc2)C2=C(CC(c3ccccc3)CC2=O)N1. The van der Waals surface area contributed by atoms with E-state index in [0.29, 0.717) is 12.0 Å². The van der Waals surface area contributed by atoms with Gasteiger partial charge in [0.15, 0.2) is 5.78 Å². The molecular weight excluding hydrogens is 422 g/mol. The first-order chi connectivity index (χ1) is 16.5. The second-order valence-electron chi connectivity index (χ2n) is 10.0. The van der Waals surface area contributed by atoms with Crippen LogP contribution in [0.3, 0.4) is 0 Å². The van der Waals surface area contributed by atoms with Crippen LogP contribution in [0.15, 0.2) is 77.1 Å². The number of ether oxygens (including phenoxy) is 1. The Balaban J connectivity index is 1.52. The van der Waals surface area contributed by atoms with Crippen LogP contribution in [-0.4, -0.2) is 17.9 Å². The third kappa shape index (κ3) is 4.46. The molecule has 0 amide bonds. The molecule has 0 aromatic heterocycles. The number of hydrogen-bond donors (Lipinski definition) is 1. The first-order valence-electron chi connectivity index (χ1n) is 12.6. The zero-order valence-corrected chi connectivity index (χ0v) is 20.1. The van der Waals surface area contributed by atoms with Crippen LogP contribution in [0.25, 0.3) is 0 Å². The van der Waals surface area contributed by atoms with Gasteiger partial charge in [-0.3, -0.25) is 4.79 Å². The monoisotopic (exact) mass is 455 g/mol. The maximum absolute atomic E-state index is 13.7. The molecule has 1 fully saturated rings. The molecule has 0 bridgehead atoms. The largest absolute Gasteiger partial charge is 0.459 e. The zero-order chi connectivity index (χ0) is 23.7. The molecule has 1 aliphatic heterocycles. The number of ketones is 1. The Morgan fingerprint density at radius 2 is 1.59 bits per heavy atom. The van der Waals surface area contributed by atoms with Crippen LogP contribution in [0.1, 0.15) is 80.4 Å². The number of aryl methyl sites for hydroxylation is 1. The van der Waals surface area contributed by atoms with E-state index in [2.05, 4.69) is 29.6 Å². The number of benzene rings is 2. The molecule has 2 atom stereocenters. The quantitative estimate of drug-likeness (QED) is 0.555. The van der Waals surface area contributed by atoms with Gasteiger partial charge in [0.25, 0.3) is 0 Å². The molecule has 2 aromatic rings. The fraction of sp³-hybridized carbons (Fsp3) is 0.400. The molecular formula is C30H33NO3.